The van der Waals surface area contributed by atoms with Crippen LogP contribution in [0.3, 0.4) is 0 Å². The highest BCUT2D eigenvalue weighted by Crippen LogP contribution is 2.39. The molecule has 144 valence electrons. The molecular weight excluding hydrogens is 370 g/mol. The molecule has 0 radical (unpaired) electrons. The Labute approximate surface area is 157 Å². The van der Waals surface area contributed by atoms with Crippen LogP contribution in [0.4, 0.5) is 4.79 Å². The minimum atomic E-state index is -3.12. The Bertz CT molecular complexity index is 929. The van der Waals surface area contributed by atoms with E-state index in [1.54, 1.807) is 0 Å². The third kappa shape index (κ3) is 3.09. The summed E-state index contributed by atoms with van der Waals surface area (Å²) in [6, 6.07) is 6.48. The number of carbonyl (C=O) groups excluding carboxylic acids is 3. The molecule has 4 rings (SSSR count). The first-order chi connectivity index (χ1) is 12.8. The van der Waals surface area contributed by atoms with Crippen LogP contribution in [0, 0.1) is 0 Å². The van der Waals surface area contributed by atoms with E-state index in [0.29, 0.717) is 12.8 Å². The minimum Gasteiger partial charge on any atom is -0.351 e. The molecule has 2 unspecified atom stereocenters. The lowest BCUT2D eigenvalue weighted by Gasteiger charge is -2.33. The summed E-state index contributed by atoms with van der Waals surface area (Å²) in [7, 11) is -3.12. The fraction of sp³-hybridized carbons (Fsp3) is 0.500. The van der Waals surface area contributed by atoms with Crippen LogP contribution < -0.4 is 10.6 Å². The smallest absolute Gasteiger partial charge is 0.325 e. The number of hydrogen-bond acceptors (Lipinski definition) is 5. The second kappa shape index (κ2) is 6.33. The van der Waals surface area contributed by atoms with Gasteiger partial charge in [-0.2, -0.15) is 0 Å². The summed E-state index contributed by atoms with van der Waals surface area (Å²) in [6.07, 6.45) is 2.46. The van der Waals surface area contributed by atoms with E-state index < -0.39 is 45.8 Å². The molecule has 8 nitrogen and oxygen atoms in total. The first-order valence-electron chi connectivity index (χ1n) is 9.03. The highest BCUT2D eigenvalue weighted by atomic mass is 32.2. The zero-order valence-corrected chi connectivity index (χ0v) is 15.5. The maximum atomic E-state index is 13.1. The van der Waals surface area contributed by atoms with Gasteiger partial charge in [0, 0.05) is 6.04 Å². The number of urea groups is 1. The van der Waals surface area contributed by atoms with E-state index >= 15 is 0 Å². The zero-order valence-electron chi connectivity index (χ0n) is 14.7. The van der Waals surface area contributed by atoms with Crippen LogP contribution in [0.5, 0.6) is 0 Å². The summed E-state index contributed by atoms with van der Waals surface area (Å²) in [5.41, 5.74) is 0.711. The Morgan fingerprint density at radius 2 is 2.07 bits per heavy atom. The van der Waals surface area contributed by atoms with Crippen LogP contribution in [0.1, 0.15) is 30.4 Å². The predicted molar refractivity (Wildman–Crippen MR) is 96.5 cm³/mol. The SMILES string of the molecule is O=C(CN1C(=O)NC2(CCCc3ccccc32)C1=O)NC1CCS(=O)(=O)C1. The maximum absolute atomic E-state index is 13.1. The van der Waals surface area contributed by atoms with Crippen molar-refractivity contribution in [2.24, 2.45) is 0 Å². The van der Waals surface area contributed by atoms with E-state index in [-0.39, 0.29) is 11.5 Å². The van der Waals surface area contributed by atoms with E-state index in [9.17, 15) is 22.8 Å². The van der Waals surface area contributed by atoms with Crippen molar-refractivity contribution in [1.82, 2.24) is 15.5 Å². The third-order valence-electron chi connectivity index (χ3n) is 5.55. The topological polar surface area (TPSA) is 113 Å². The molecule has 3 aliphatic rings. The molecule has 2 atom stereocenters. The average Bonchev–Trinajstić information content (AvgIpc) is 3.07. The Morgan fingerprint density at radius 3 is 2.81 bits per heavy atom. The minimum absolute atomic E-state index is 0.0426. The van der Waals surface area contributed by atoms with Gasteiger partial charge in [-0.25, -0.2) is 13.2 Å². The average molecular weight is 391 g/mol. The highest BCUT2D eigenvalue weighted by Gasteiger charge is 2.54. The number of rotatable bonds is 3. The molecule has 2 heterocycles. The largest absolute Gasteiger partial charge is 0.351 e. The normalized spacial score (nSPS) is 28.9. The number of fused-ring (bicyclic) bond motifs is 2. The molecule has 4 amide bonds. The van der Waals surface area contributed by atoms with Crippen molar-refractivity contribution in [3.05, 3.63) is 35.4 Å². The first-order valence-corrected chi connectivity index (χ1v) is 10.9. The molecule has 9 heteroatoms. The van der Waals surface area contributed by atoms with Crippen molar-refractivity contribution in [2.75, 3.05) is 18.1 Å². The molecule has 0 saturated carbocycles. The number of imide groups is 1. The summed E-state index contributed by atoms with van der Waals surface area (Å²) in [6.45, 7) is -0.412. The van der Waals surface area contributed by atoms with Gasteiger partial charge in [0.05, 0.1) is 11.5 Å². The summed E-state index contributed by atoms with van der Waals surface area (Å²) < 4.78 is 23.0. The number of nitrogens with one attached hydrogen (secondary N) is 2. The second-order valence-electron chi connectivity index (χ2n) is 7.40. The Morgan fingerprint density at radius 1 is 1.30 bits per heavy atom. The van der Waals surface area contributed by atoms with Crippen LogP contribution in [-0.4, -0.2) is 55.3 Å². The zero-order chi connectivity index (χ0) is 19.2. The standard InChI is InChI=1S/C18H21N3O5S/c22-15(19-13-7-9-27(25,26)11-13)10-21-16(23)18(20-17(21)24)8-3-5-12-4-1-2-6-14(12)18/h1-2,4,6,13H,3,5,7-11H2,(H,19,22)(H,20,24). The van der Waals surface area contributed by atoms with Gasteiger partial charge in [-0.1, -0.05) is 24.3 Å². The number of nitrogens with zero attached hydrogens (tertiary/aromatic N) is 1. The van der Waals surface area contributed by atoms with E-state index in [1.165, 1.54) is 0 Å². The van der Waals surface area contributed by atoms with Crippen molar-refractivity contribution >= 4 is 27.7 Å². The van der Waals surface area contributed by atoms with Gasteiger partial charge in [0.2, 0.25) is 5.91 Å². The predicted octanol–water partition coefficient (Wildman–Crippen LogP) is 0.0733. The molecule has 2 N–H and O–H groups in total. The van der Waals surface area contributed by atoms with Gasteiger partial charge in [0.25, 0.3) is 5.91 Å². The van der Waals surface area contributed by atoms with E-state index in [2.05, 4.69) is 10.6 Å². The van der Waals surface area contributed by atoms with Crippen molar-refractivity contribution in [2.45, 2.75) is 37.3 Å². The number of carbonyl (C=O) groups is 3. The van der Waals surface area contributed by atoms with Gasteiger partial charge in [-0.3, -0.25) is 14.5 Å². The van der Waals surface area contributed by atoms with Crippen LogP contribution in [0.15, 0.2) is 24.3 Å². The van der Waals surface area contributed by atoms with Gasteiger partial charge in [0.1, 0.15) is 12.1 Å². The fourth-order valence-corrected chi connectivity index (χ4v) is 5.95. The molecule has 27 heavy (non-hydrogen) atoms. The number of sulfone groups is 1. The first kappa shape index (κ1) is 18.0. The summed E-state index contributed by atoms with van der Waals surface area (Å²) in [5.74, 6) is -1.01. The highest BCUT2D eigenvalue weighted by molar-refractivity contribution is 7.91. The van der Waals surface area contributed by atoms with Crippen LogP contribution in [0.2, 0.25) is 0 Å². The quantitative estimate of drug-likeness (QED) is 0.708. The van der Waals surface area contributed by atoms with Crippen molar-refractivity contribution in [3.8, 4) is 0 Å². The lowest BCUT2D eigenvalue weighted by molar-refractivity contribution is -0.135. The van der Waals surface area contributed by atoms with Crippen LogP contribution >= 0.6 is 0 Å². The number of benzene rings is 1. The molecule has 2 aliphatic heterocycles. The van der Waals surface area contributed by atoms with E-state index in [4.69, 9.17) is 0 Å². The lowest BCUT2D eigenvalue weighted by atomic mass is 9.76. The van der Waals surface area contributed by atoms with Gasteiger partial charge >= 0.3 is 6.03 Å². The van der Waals surface area contributed by atoms with Crippen molar-refractivity contribution < 1.29 is 22.8 Å². The van der Waals surface area contributed by atoms with Crippen LogP contribution in [0.25, 0.3) is 0 Å². The van der Waals surface area contributed by atoms with Gasteiger partial charge in [-0.15, -0.1) is 0 Å². The Hall–Kier alpha value is -2.42. The van der Waals surface area contributed by atoms with E-state index in [1.807, 2.05) is 24.3 Å². The molecule has 1 aromatic rings. The van der Waals surface area contributed by atoms with Gasteiger partial charge in [0.15, 0.2) is 9.84 Å². The molecule has 1 aliphatic carbocycles. The van der Waals surface area contributed by atoms with Crippen molar-refractivity contribution in [1.29, 1.82) is 0 Å². The molecule has 2 saturated heterocycles. The molecule has 0 bridgehead atoms. The Balaban J connectivity index is 1.50. The van der Waals surface area contributed by atoms with E-state index in [0.717, 1.165) is 28.9 Å². The molecule has 2 fully saturated rings. The molecule has 0 aromatic heterocycles. The van der Waals surface area contributed by atoms with Gasteiger partial charge in [-0.05, 0) is 36.8 Å². The molecular formula is C18H21N3O5S. The number of amides is 4. The number of hydrogen-bond donors (Lipinski definition) is 2. The maximum Gasteiger partial charge on any atom is 0.325 e. The summed E-state index contributed by atoms with van der Waals surface area (Å²) in [4.78, 5) is 38.8. The third-order valence-corrected chi connectivity index (χ3v) is 7.32. The summed E-state index contributed by atoms with van der Waals surface area (Å²) in [5, 5.41) is 5.42. The second-order valence-corrected chi connectivity index (χ2v) is 9.63. The van der Waals surface area contributed by atoms with Crippen molar-refractivity contribution in [3.63, 3.8) is 0 Å². The lowest BCUT2D eigenvalue weighted by Crippen LogP contribution is -2.48. The van der Waals surface area contributed by atoms with Gasteiger partial charge < -0.3 is 10.6 Å². The molecule has 1 spiro atoms. The molecule has 1 aromatic carbocycles. The summed E-state index contributed by atoms with van der Waals surface area (Å²) >= 11 is 0. The number of aryl methyl sites for hydroxylation is 1. The monoisotopic (exact) mass is 391 g/mol. The fourth-order valence-electron chi connectivity index (χ4n) is 4.28. The van der Waals surface area contributed by atoms with Crippen LogP contribution in [-0.2, 0) is 31.4 Å². The Kier molecular flexibility index (Phi) is 4.21.